The van der Waals surface area contributed by atoms with Crippen LogP contribution in [0.5, 0.6) is 0 Å². The molecule has 0 bridgehead atoms. The summed E-state index contributed by atoms with van der Waals surface area (Å²) in [5.74, 6) is -0.113. The molecule has 28 heavy (non-hydrogen) atoms. The van der Waals surface area contributed by atoms with Crippen molar-refractivity contribution in [2.24, 2.45) is 0 Å². The van der Waals surface area contributed by atoms with E-state index in [1.54, 1.807) is 6.07 Å². The molecule has 7 heteroatoms. The highest BCUT2D eigenvalue weighted by molar-refractivity contribution is 8.00. The number of carbonyl (C=O) groups excluding carboxylic acids is 2. The van der Waals surface area contributed by atoms with Crippen LogP contribution in [0.4, 0.5) is 0 Å². The Morgan fingerprint density at radius 3 is 2.86 bits per heavy atom. The summed E-state index contributed by atoms with van der Waals surface area (Å²) in [6.45, 7) is 3.18. The number of hydrogen-bond acceptors (Lipinski definition) is 5. The van der Waals surface area contributed by atoms with Gasteiger partial charge >= 0.3 is 0 Å². The van der Waals surface area contributed by atoms with E-state index in [1.165, 1.54) is 11.8 Å². The van der Waals surface area contributed by atoms with Gasteiger partial charge < -0.3 is 15.4 Å². The lowest BCUT2D eigenvalue weighted by Crippen LogP contribution is -2.36. The zero-order valence-electron chi connectivity index (χ0n) is 15.9. The van der Waals surface area contributed by atoms with Gasteiger partial charge in [0.1, 0.15) is 0 Å². The summed E-state index contributed by atoms with van der Waals surface area (Å²) in [7, 11) is 0. The molecule has 1 aliphatic heterocycles. The second-order valence-electron chi connectivity index (χ2n) is 7.41. The predicted molar refractivity (Wildman–Crippen MR) is 110 cm³/mol. The largest absolute Gasteiger partial charge is 0.376 e. The van der Waals surface area contributed by atoms with E-state index >= 15 is 0 Å². The van der Waals surface area contributed by atoms with E-state index in [0.717, 1.165) is 43.2 Å². The van der Waals surface area contributed by atoms with Crippen molar-refractivity contribution >= 4 is 34.5 Å². The Morgan fingerprint density at radius 2 is 2.11 bits per heavy atom. The van der Waals surface area contributed by atoms with E-state index in [4.69, 9.17) is 4.74 Å². The Labute approximate surface area is 168 Å². The third-order valence-electron chi connectivity index (χ3n) is 5.04. The van der Waals surface area contributed by atoms with Gasteiger partial charge in [0, 0.05) is 24.6 Å². The Bertz CT molecular complexity index is 878. The Hall–Kier alpha value is -2.12. The fraction of sp³-hybridized carbons (Fsp3) is 0.476. The van der Waals surface area contributed by atoms with Crippen molar-refractivity contribution in [1.29, 1.82) is 0 Å². The maximum atomic E-state index is 12.7. The highest BCUT2D eigenvalue weighted by Crippen LogP contribution is 2.28. The lowest BCUT2D eigenvalue weighted by atomic mass is 10.1. The van der Waals surface area contributed by atoms with E-state index < -0.39 is 0 Å². The third kappa shape index (κ3) is 4.64. The molecule has 2 aliphatic rings. The Kier molecular flexibility index (Phi) is 5.82. The van der Waals surface area contributed by atoms with Gasteiger partial charge in [0.15, 0.2) is 0 Å². The van der Waals surface area contributed by atoms with E-state index in [2.05, 4.69) is 15.6 Å². The van der Waals surface area contributed by atoms with Crippen molar-refractivity contribution in [3.05, 3.63) is 35.9 Å². The number of rotatable bonds is 7. The highest BCUT2D eigenvalue weighted by atomic mass is 32.2. The minimum Gasteiger partial charge on any atom is -0.376 e. The van der Waals surface area contributed by atoms with Gasteiger partial charge in [-0.3, -0.25) is 9.59 Å². The monoisotopic (exact) mass is 399 g/mol. The number of para-hydroxylation sites is 1. The van der Waals surface area contributed by atoms with Crippen molar-refractivity contribution in [3.63, 3.8) is 0 Å². The van der Waals surface area contributed by atoms with E-state index in [-0.39, 0.29) is 29.2 Å². The number of aromatic nitrogens is 1. The summed E-state index contributed by atoms with van der Waals surface area (Å²) in [5.41, 5.74) is 1.38. The van der Waals surface area contributed by atoms with Crippen LogP contribution < -0.4 is 10.6 Å². The number of ether oxygens (including phenoxy) is 1. The van der Waals surface area contributed by atoms with Gasteiger partial charge in [-0.25, -0.2) is 4.98 Å². The fourth-order valence-corrected chi connectivity index (χ4v) is 4.18. The van der Waals surface area contributed by atoms with Gasteiger partial charge in [-0.05, 0) is 44.7 Å². The third-order valence-corrected chi connectivity index (χ3v) is 6.06. The minimum absolute atomic E-state index is 0.0422. The number of nitrogens with one attached hydrogen (secondary N) is 2. The quantitative estimate of drug-likeness (QED) is 0.700. The molecule has 1 saturated heterocycles. The summed E-state index contributed by atoms with van der Waals surface area (Å²) in [6, 6.07) is 9.72. The van der Waals surface area contributed by atoms with Crippen LogP contribution in [-0.2, 0) is 9.53 Å². The average molecular weight is 400 g/mol. The molecule has 1 aromatic heterocycles. The van der Waals surface area contributed by atoms with E-state index in [1.807, 2.05) is 31.2 Å². The van der Waals surface area contributed by atoms with Crippen LogP contribution in [0.25, 0.3) is 10.9 Å². The van der Waals surface area contributed by atoms with Crippen LogP contribution in [0.3, 0.4) is 0 Å². The van der Waals surface area contributed by atoms with Gasteiger partial charge in [-0.2, -0.15) is 0 Å². The van der Waals surface area contributed by atoms with E-state index in [0.29, 0.717) is 17.1 Å². The maximum absolute atomic E-state index is 12.7. The highest BCUT2D eigenvalue weighted by Gasteiger charge is 2.25. The molecule has 1 saturated carbocycles. The fourth-order valence-electron chi connectivity index (χ4n) is 3.29. The van der Waals surface area contributed by atoms with Crippen LogP contribution in [0.15, 0.2) is 35.4 Å². The maximum Gasteiger partial charge on any atom is 0.252 e. The second-order valence-corrected chi connectivity index (χ2v) is 8.77. The SMILES string of the molecule is C[C@H](Sc1cc(C(=O)NC2CC2)c2ccccc2n1)C(=O)NC[C@@H]1CCCO1. The van der Waals surface area contributed by atoms with Crippen molar-refractivity contribution in [1.82, 2.24) is 15.6 Å². The van der Waals surface area contributed by atoms with Crippen molar-refractivity contribution < 1.29 is 14.3 Å². The normalized spacial score (nSPS) is 20.1. The van der Waals surface area contributed by atoms with Gasteiger partial charge in [0.25, 0.3) is 5.91 Å². The number of amides is 2. The van der Waals surface area contributed by atoms with E-state index in [9.17, 15) is 9.59 Å². The zero-order valence-corrected chi connectivity index (χ0v) is 16.8. The first kappa shape index (κ1) is 19.2. The molecule has 2 heterocycles. The van der Waals surface area contributed by atoms with Crippen LogP contribution in [0.2, 0.25) is 0 Å². The molecular weight excluding hydrogens is 374 g/mol. The van der Waals surface area contributed by atoms with Gasteiger partial charge in [-0.1, -0.05) is 30.0 Å². The standard InChI is InChI=1S/C21H25N3O3S/c1-13(20(25)22-12-15-5-4-10-27-15)28-19-11-17(21(26)23-14-8-9-14)16-6-2-3-7-18(16)24-19/h2-3,6-7,11,13-15H,4-5,8-10,12H2,1H3,(H,22,25)(H,23,26)/t13-,15-/m0/s1. The Balaban J connectivity index is 1.47. The second kappa shape index (κ2) is 8.49. The van der Waals surface area contributed by atoms with Crippen LogP contribution in [0, 0.1) is 0 Å². The van der Waals surface area contributed by atoms with Gasteiger partial charge in [0.2, 0.25) is 5.91 Å². The number of hydrogen-bond donors (Lipinski definition) is 2. The van der Waals surface area contributed by atoms with Crippen LogP contribution >= 0.6 is 11.8 Å². The molecule has 6 nitrogen and oxygen atoms in total. The summed E-state index contributed by atoms with van der Waals surface area (Å²) in [4.78, 5) is 29.8. The van der Waals surface area contributed by atoms with Crippen molar-refractivity contribution in [2.45, 2.75) is 55.0 Å². The molecule has 0 spiro atoms. The summed E-state index contributed by atoms with van der Waals surface area (Å²) < 4.78 is 5.55. The first-order chi connectivity index (χ1) is 13.6. The number of benzene rings is 1. The summed E-state index contributed by atoms with van der Waals surface area (Å²) in [6.07, 6.45) is 4.25. The molecule has 2 amide bonds. The van der Waals surface area contributed by atoms with Crippen molar-refractivity contribution in [3.8, 4) is 0 Å². The minimum atomic E-state index is -0.311. The molecule has 148 valence electrons. The zero-order chi connectivity index (χ0) is 19.5. The molecule has 1 aliphatic carbocycles. The number of fused-ring (bicyclic) bond motifs is 1. The molecule has 2 atom stereocenters. The molecule has 2 fully saturated rings. The lowest BCUT2D eigenvalue weighted by molar-refractivity contribution is -0.120. The molecule has 1 aromatic carbocycles. The van der Waals surface area contributed by atoms with Crippen LogP contribution in [-0.4, -0.2) is 47.3 Å². The number of pyridine rings is 1. The van der Waals surface area contributed by atoms with Gasteiger partial charge in [0.05, 0.1) is 27.5 Å². The first-order valence-electron chi connectivity index (χ1n) is 9.87. The van der Waals surface area contributed by atoms with Crippen LogP contribution in [0.1, 0.15) is 43.0 Å². The van der Waals surface area contributed by atoms with Gasteiger partial charge in [-0.15, -0.1) is 0 Å². The first-order valence-corrected chi connectivity index (χ1v) is 10.7. The number of thioether (sulfide) groups is 1. The lowest BCUT2D eigenvalue weighted by Gasteiger charge is -2.15. The number of nitrogens with zero attached hydrogens (tertiary/aromatic N) is 1. The Morgan fingerprint density at radius 1 is 1.29 bits per heavy atom. The molecule has 4 rings (SSSR count). The molecule has 0 unspecified atom stereocenters. The van der Waals surface area contributed by atoms with Crippen molar-refractivity contribution in [2.75, 3.05) is 13.2 Å². The average Bonchev–Trinajstić information content (AvgIpc) is 3.35. The molecule has 2 N–H and O–H groups in total. The summed E-state index contributed by atoms with van der Waals surface area (Å²) >= 11 is 1.37. The number of carbonyl (C=O) groups is 2. The molecule has 2 aromatic rings. The topological polar surface area (TPSA) is 80.3 Å². The molecular formula is C21H25N3O3S. The smallest absolute Gasteiger partial charge is 0.252 e. The molecule has 0 radical (unpaired) electrons. The predicted octanol–water partition coefficient (Wildman–Crippen LogP) is 2.90. The summed E-state index contributed by atoms with van der Waals surface area (Å²) in [5, 5.41) is 7.21.